The second-order valence-corrected chi connectivity index (χ2v) is 4.58. The van der Waals surface area contributed by atoms with Gasteiger partial charge in [-0.2, -0.15) is 0 Å². The molecule has 0 aliphatic rings. The normalized spacial score (nSPS) is 10.6. The van der Waals surface area contributed by atoms with Gasteiger partial charge in [0.05, 0.1) is 19.2 Å². The summed E-state index contributed by atoms with van der Waals surface area (Å²) in [7, 11) is 1.30. The maximum Gasteiger partial charge on any atom is 0.311 e. The van der Waals surface area contributed by atoms with Gasteiger partial charge in [0, 0.05) is 5.69 Å². The molecule has 5 nitrogen and oxygen atoms in total. The number of ether oxygens (including phenoxy) is 1. The number of esters is 1. The molecule has 94 valence electrons. The number of aryl methyl sites for hydroxylation is 1. The van der Waals surface area contributed by atoms with Gasteiger partial charge in [0.15, 0.2) is 0 Å². The van der Waals surface area contributed by atoms with Crippen LogP contribution in [-0.4, -0.2) is 22.5 Å². The van der Waals surface area contributed by atoms with E-state index in [0.29, 0.717) is 15.8 Å². The Bertz CT molecular complexity index is 679. The summed E-state index contributed by atoms with van der Waals surface area (Å²) >= 11 is 3.19. The number of rotatable bonds is 2. The average Bonchev–Trinajstić information content (AvgIpc) is 2.35. The summed E-state index contributed by atoms with van der Waals surface area (Å²) in [5.41, 5.74) is 1.46. The molecule has 0 saturated heterocycles. The molecule has 0 bridgehead atoms. The molecular formula is C12H11BrN2O3. The van der Waals surface area contributed by atoms with E-state index in [0.717, 1.165) is 5.69 Å². The van der Waals surface area contributed by atoms with E-state index in [2.05, 4.69) is 25.7 Å². The van der Waals surface area contributed by atoms with Gasteiger partial charge in [-0.25, -0.2) is 4.98 Å². The van der Waals surface area contributed by atoms with Crippen LogP contribution >= 0.6 is 15.9 Å². The van der Waals surface area contributed by atoms with Crippen molar-refractivity contribution < 1.29 is 9.53 Å². The van der Waals surface area contributed by atoms with Crippen molar-refractivity contribution in [2.24, 2.45) is 0 Å². The largest absolute Gasteiger partial charge is 0.469 e. The molecule has 2 heterocycles. The molecule has 0 aliphatic carbocycles. The number of halogens is 1. The van der Waals surface area contributed by atoms with E-state index >= 15 is 0 Å². The lowest BCUT2D eigenvalue weighted by molar-refractivity contribution is -0.139. The van der Waals surface area contributed by atoms with Crippen LogP contribution in [0.1, 0.15) is 11.4 Å². The minimum atomic E-state index is -0.431. The standard InChI is InChI=1S/C12H11BrN2O3/c1-7-4-3-5-9-14-8(6-10(16)18-2)11(13)12(17)15(7)9/h3-5H,6H2,1-2H3. The maximum absolute atomic E-state index is 12.2. The predicted octanol–water partition coefficient (Wildman–Crippen LogP) is 1.48. The number of aromatic nitrogens is 2. The molecule has 0 fully saturated rings. The quantitative estimate of drug-likeness (QED) is 0.788. The third-order valence-electron chi connectivity index (χ3n) is 2.60. The number of methoxy groups -OCH3 is 1. The van der Waals surface area contributed by atoms with E-state index in [-0.39, 0.29) is 12.0 Å². The number of hydrogen-bond donors (Lipinski definition) is 0. The van der Waals surface area contributed by atoms with Gasteiger partial charge in [-0.3, -0.25) is 14.0 Å². The van der Waals surface area contributed by atoms with Crippen molar-refractivity contribution in [2.75, 3.05) is 7.11 Å². The Kier molecular flexibility index (Phi) is 3.47. The van der Waals surface area contributed by atoms with Gasteiger partial charge < -0.3 is 4.74 Å². The molecule has 6 heteroatoms. The molecule has 2 aromatic heterocycles. The Morgan fingerprint density at radius 2 is 2.22 bits per heavy atom. The highest BCUT2D eigenvalue weighted by molar-refractivity contribution is 9.10. The maximum atomic E-state index is 12.2. The summed E-state index contributed by atoms with van der Waals surface area (Å²) in [6.45, 7) is 1.82. The average molecular weight is 311 g/mol. The fraction of sp³-hybridized carbons (Fsp3) is 0.250. The Morgan fingerprint density at radius 3 is 2.89 bits per heavy atom. The first-order chi connectivity index (χ1) is 8.54. The summed E-state index contributed by atoms with van der Waals surface area (Å²) in [5, 5.41) is 0. The molecule has 0 N–H and O–H groups in total. The third-order valence-corrected chi connectivity index (χ3v) is 3.39. The van der Waals surface area contributed by atoms with E-state index in [4.69, 9.17) is 0 Å². The van der Waals surface area contributed by atoms with Crippen molar-refractivity contribution >= 4 is 27.5 Å². The Labute approximate surface area is 112 Å². The minimum Gasteiger partial charge on any atom is -0.469 e. The Hall–Kier alpha value is -1.69. The lowest BCUT2D eigenvalue weighted by atomic mass is 10.3. The lowest BCUT2D eigenvalue weighted by Gasteiger charge is -2.08. The SMILES string of the molecule is COC(=O)Cc1nc2cccc(C)n2c(=O)c1Br. The zero-order chi connectivity index (χ0) is 13.3. The number of pyridine rings is 1. The van der Waals surface area contributed by atoms with Gasteiger partial charge in [-0.05, 0) is 35.0 Å². The Balaban J connectivity index is 2.68. The predicted molar refractivity (Wildman–Crippen MR) is 69.6 cm³/mol. The zero-order valence-electron chi connectivity index (χ0n) is 9.94. The summed E-state index contributed by atoms with van der Waals surface area (Å²) in [4.78, 5) is 27.7. The van der Waals surface area contributed by atoms with E-state index in [1.807, 2.05) is 19.1 Å². The van der Waals surface area contributed by atoms with E-state index in [1.54, 1.807) is 6.07 Å². The highest BCUT2D eigenvalue weighted by Crippen LogP contribution is 2.13. The molecule has 2 aromatic rings. The minimum absolute atomic E-state index is 0.0310. The molecule has 0 spiro atoms. The molecule has 2 rings (SSSR count). The van der Waals surface area contributed by atoms with Crippen molar-refractivity contribution in [3.8, 4) is 0 Å². The van der Waals surface area contributed by atoms with E-state index < -0.39 is 5.97 Å². The number of fused-ring (bicyclic) bond motifs is 1. The van der Waals surface area contributed by atoms with Crippen LogP contribution in [0.25, 0.3) is 5.65 Å². The van der Waals surface area contributed by atoms with Crippen LogP contribution in [-0.2, 0) is 16.0 Å². The fourth-order valence-corrected chi connectivity index (χ4v) is 2.10. The number of carbonyl (C=O) groups is 1. The van der Waals surface area contributed by atoms with E-state index in [9.17, 15) is 9.59 Å². The first kappa shape index (κ1) is 12.8. The third kappa shape index (κ3) is 2.15. The van der Waals surface area contributed by atoms with Gasteiger partial charge in [0.2, 0.25) is 0 Å². The van der Waals surface area contributed by atoms with Gasteiger partial charge in [-0.1, -0.05) is 6.07 Å². The smallest absolute Gasteiger partial charge is 0.311 e. The van der Waals surface area contributed by atoms with Crippen LogP contribution in [0.3, 0.4) is 0 Å². The van der Waals surface area contributed by atoms with Crippen molar-refractivity contribution in [3.05, 3.63) is 44.4 Å². The van der Waals surface area contributed by atoms with Gasteiger partial charge >= 0.3 is 5.97 Å². The second-order valence-electron chi connectivity index (χ2n) is 3.79. The molecule has 0 unspecified atom stereocenters. The van der Waals surface area contributed by atoms with Crippen LogP contribution in [0.15, 0.2) is 27.5 Å². The van der Waals surface area contributed by atoms with Crippen LogP contribution in [0.2, 0.25) is 0 Å². The summed E-state index contributed by atoms with van der Waals surface area (Å²) in [6.07, 6.45) is -0.0310. The highest BCUT2D eigenvalue weighted by Gasteiger charge is 2.14. The van der Waals surface area contributed by atoms with Gasteiger partial charge in [0.25, 0.3) is 5.56 Å². The van der Waals surface area contributed by atoms with Gasteiger partial charge in [0.1, 0.15) is 10.1 Å². The molecular weight excluding hydrogens is 300 g/mol. The molecule has 0 aliphatic heterocycles. The van der Waals surface area contributed by atoms with Crippen LogP contribution in [0.4, 0.5) is 0 Å². The molecule has 0 aromatic carbocycles. The van der Waals surface area contributed by atoms with Crippen LogP contribution in [0, 0.1) is 6.92 Å². The van der Waals surface area contributed by atoms with Crippen molar-refractivity contribution in [2.45, 2.75) is 13.3 Å². The van der Waals surface area contributed by atoms with Crippen molar-refractivity contribution in [1.29, 1.82) is 0 Å². The molecule has 0 saturated carbocycles. The fourth-order valence-electron chi connectivity index (χ4n) is 1.69. The summed E-state index contributed by atoms with van der Waals surface area (Å²) in [6, 6.07) is 5.36. The number of nitrogens with zero attached hydrogens (tertiary/aromatic N) is 2. The lowest BCUT2D eigenvalue weighted by Crippen LogP contribution is -2.21. The van der Waals surface area contributed by atoms with Crippen molar-refractivity contribution in [1.82, 2.24) is 9.38 Å². The van der Waals surface area contributed by atoms with Crippen LogP contribution in [0.5, 0.6) is 0 Å². The number of hydrogen-bond acceptors (Lipinski definition) is 4. The molecule has 0 amide bonds. The molecule has 0 radical (unpaired) electrons. The van der Waals surface area contributed by atoms with E-state index in [1.165, 1.54) is 11.5 Å². The Morgan fingerprint density at radius 1 is 1.50 bits per heavy atom. The number of carbonyl (C=O) groups excluding carboxylic acids is 1. The summed E-state index contributed by atoms with van der Waals surface area (Å²) < 4.78 is 6.36. The molecule has 0 atom stereocenters. The van der Waals surface area contributed by atoms with Crippen molar-refractivity contribution in [3.63, 3.8) is 0 Å². The first-order valence-electron chi connectivity index (χ1n) is 5.28. The van der Waals surface area contributed by atoms with Crippen LogP contribution < -0.4 is 5.56 Å². The highest BCUT2D eigenvalue weighted by atomic mass is 79.9. The first-order valence-corrected chi connectivity index (χ1v) is 6.07. The van der Waals surface area contributed by atoms with Gasteiger partial charge in [-0.15, -0.1) is 0 Å². The second kappa shape index (κ2) is 4.89. The zero-order valence-corrected chi connectivity index (χ0v) is 11.5. The topological polar surface area (TPSA) is 60.7 Å². The summed E-state index contributed by atoms with van der Waals surface area (Å²) in [5.74, 6) is -0.431. The molecule has 18 heavy (non-hydrogen) atoms. The monoisotopic (exact) mass is 310 g/mol.